The number of hydrogen-bond donors (Lipinski definition) is 1. The number of aliphatic hydroxyl groups is 1. The molecule has 102 valence electrons. The molecule has 1 aromatic rings. The van der Waals surface area contributed by atoms with Gasteiger partial charge in [0.2, 0.25) is 10.0 Å². The highest BCUT2D eigenvalue weighted by Crippen LogP contribution is 2.36. The van der Waals surface area contributed by atoms with Gasteiger partial charge in [-0.15, -0.1) is 11.3 Å². The molecule has 0 unspecified atom stereocenters. The van der Waals surface area contributed by atoms with Crippen molar-refractivity contribution in [2.45, 2.75) is 31.3 Å². The first-order valence-electron chi connectivity index (χ1n) is 5.88. The van der Waals surface area contributed by atoms with E-state index in [0.717, 1.165) is 12.8 Å². The van der Waals surface area contributed by atoms with Crippen LogP contribution in [-0.4, -0.2) is 30.9 Å². The fourth-order valence-corrected chi connectivity index (χ4v) is 5.79. The third-order valence-corrected chi connectivity index (χ3v) is 7.17. The molecule has 18 heavy (non-hydrogen) atoms. The highest BCUT2D eigenvalue weighted by molar-refractivity contribution is 9.11. The van der Waals surface area contributed by atoms with Gasteiger partial charge in [-0.3, -0.25) is 0 Å². The molecule has 7 heteroatoms. The van der Waals surface area contributed by atoms with E-state index in [4.69, 9.17) is 5.11 Å². The molecule has 0 radical (unpaired) electrons. The summed E-state index contributed by atoms with van der Waals surface area (Å²) < 4.78 is 27.1. The quantitative estimate of drug-likeness (QED) is 0.854. The average molecular weight is 354 g/mol. The second kappa shape index (κ2) is 5.58. The van der Waals surface area contributed by atoms with Gasteiger partial charge >= 0.3 is 0 Å². The molecule has 1 fully saturated rings. The van der Waals surface area contributed by atoms with Crippen LogP contribution in [0.5, 0.6) is 0 Å². The Morgan fingerprint density at radius 1 is 1.56 bits per heavy atom. The predicted octanol–water partition coefficient (Wildman–Crippen LogP) is 2.42. The zero-order valence-corrected chi connectivity index (χ0v) is 13.3. The predicted molar refractivity (Wildman–Crippen MR) is 75.1 cm³/mol. The molecule has 1 aliphatic carbocycles. The van der Waals surface area contributed by atoms with E-state index in [-0.39, 0.29) is 11.5 Å². The maximum atomic E-state index is 12.5. The van der Waals surface area contributed by atoms with Gasteiger partial charge in [0.05, 0.1) is 10.4 Å². The zero-order valence-electron chi connectivity index (χ0n) is 10.1. The van der Waals surface area contributed by atoms with Crippen LogP contribution in [0.2, 0.25) is 0 Å². The van der Waals surface area contributed by atoms with Crippen molar-refractivity contribution >= 4 is 37.3 Å². The number of sulfonamides is 1. The van der Waals surface area contributed by atoms with E-state index in [0.29, 0.717) is 27.7 Å². The molecule has 1 N–H and O–H groups in total. The van der Waals surface area contributed by atoms with Gasteiger partial charge in [0, 0.05) is 18.0 Å². The number of aliphatic hydroxyl groups excluding tert-OH is 1. The SMILES string of the molecule is CCN(CC1CC1)S(=O)(=O)c1cc(CO)sc1Br. The molecule has 1 aromatic heterocycles. The topological polar surface area (TPSA) is 57.6 Å². The van der Waals surface area contributed by atoms with Crippen molar-refractivity contribution in [3.8, 4) is 0 Å². The van der Waals surface area contributed by atoms with E-state index in [1.807, 2.05) is 6.92 Å². The molecular formula is C11H16BrNO3S2. The summed E-state index contributed by atoms with van der Waals surface area (Å²) in [7, 11) is -3.44. The first-order valence-corrected chi connectivity index (χ1v) is 8.93. The fraction of sp³-hybridized carbons (Fsp3) is 0.636. The Morgan fingerprint density at radius 3 is 2.67 bits per heavy atom. The fourth-order valence-electron chi connectivity index (χ4n) is 1.78. The lowest BCUT2D eigenvalue weighted by Crippen LogP contribution is -2.32. The summed E-state index contributed by atoms with van der Waals surface area (Å²) in [6, 6.07) is 1.56. The second-order valence-electron chi connectivity index (χ2n) is 4.41. The van der Waals surface area contributed by atoms with Gasteiger partial charge in [0.15, 0.2) is 0 Å². The van der Waals surface area contributed by atoms with Crippen LogP contribution in [0.3, 0.4) is 0 Å². The third kappa shape index (κ3) is 2.96. The van der Waals surface area contributed by atoms with Crippen molar-refractivity contribution in [2.75, 3.05) is 13.1 Å². The van der Waals surface area contributed by atoms with Crippen LogP contribution in [0.15, 0.2) is 14.7 Å². The summed E-state index contributed by atoms with van der Waals surface area (Å²) >= 11 is 4.54. The monoisotopic (exact) mass is 353 g/mol. The zero-order chi connectivity index (χ0) is 13.3. The van der Waals surface area contributed by atoms with Crippen molar-refractivity contribution in [2.24, 2.45) is 5.92 Å². The van der Waals surface area contributed by atoms with Crippen LogP contribution in [0.4, 0.5) is 0 Å². The van der Waals surface area contributed by atoms with Gasteiger partial charge in [-0.1, -0.05) is 6.92 Å². The Labute approximate surface area is 120 Å². The lowest BCUT2D eigenvalue weighted by molar-refractivity contribution is 0.285. The van der Waals surface area contributed by atoms with Gasteiger partial charge in [-0.25, -0.2) is 8.42 Å². The summed E-state index contributed by atoms with van der Waals surface area (Å²) in [5.41, 5.74) is 0. The lowest BCUT2D eigenvalue weighted by atomic mass is 10.4. The molecule has 1 heterocycles. The van der Waals surface area contributed by atoms with Crippen LogP contribution < -0.4 is 0 Å². The number of rotatable bonds is 6. The Morgan fingerprint density at radius 2 is 2.22 bits per heavy atom. The molecule has 1 aliphatic rings. The van der Waals surface area contributed by atoms with E-state index in [2.05, 4.69) is 15.9 Å². The van der Waals surface area contributed by atoms with Crippen molar-refractivity contribution in [1.82, 2.24) is 4.31 Å². The van der Waals surface area contributed by atoms with E-state index in [1.54, 1.807) is 6.07 Å². The average Bonchev–Trinajstić information content (AvgIpc) is 3.07. The summed E-state index contributed by atoms with van der Waals surface area (Å²) in [6.45, 7) is 2.81. The van der Waals surface area contributed by atoms with Gasteiger partial charge in [0.1, 0.15) is 4.90 Å². The summed E-state index contributed by atoms with van der Waals surface area (Å²) in [5, 5.41) is 9.07. The molecule has 0 aliphatic heterocycles. The van der Waals surface area contributed by atoms with Crippen LogP contribution in [0, 0.1) is 5.92 Å². The van der Waals surface area contributed by atoms with E-state index in [1.165, 1.54) is 15.6 Å². The highest BCUT2D eigenvalue weighted by atomic mass is 79.9. The Hall–Kier alpha value is 0.0500. The van der Waals surface area contributed by atoms with E-state index >= 15 is 0 Å². The molecule has 0 bridgehead atoms. The highest BCUT2D eigenvalue weighted by Gasteiger charge is 2.32. The molecule has 0 amide bonds. The maximum Gasteiger partial charge on any atom is 0.245 e. The molecule has 4 nitrogen and oxygen atoms in total. The van der Waals surface area contributed by atoms with Gasteiger partial charge in [0.25, 0.3) is 0 Å². The number of hydrogen-bond acceptors (Lipinski definition) is 4. The van der Waals surface area contributed by atoms with Crippen LogP contribution in [0.25, 0.3) is 0 Å². The largest absolute Gasteiger partial charge is 0.391 e. The number of halogens is 1. The van der Waals surface area contributed by atoms with Crippen molar-refractivity contribution in [3.05, 3.63) is 14.7 Å². The third-order valence-electron chi connectivity index (χ3n) is 2.99. The van der Waals surface area contributed by atoms with Crippen molar-refractivity contribution < 1.29 is 13.5 Å². The minimum Gasteiger partial charge on any atom is -0.391 e. The molecule has 0 saturated heterocycles. The Kier molecular flexibility index (Phi) is 4.48. The smallest absolute Gasteiger partial charge is 0.245 e. The standard InChI is InChI=1S/C11H16BrNO3S2/c1-2-13(6-8-3-4-8)18(15,16)10-5-9(7-14)17-11(10)12/h5,8,14H,2-4,6-7H2,1H3. The van der Waals surface area contributed by atoms with E-state index < -0.39 is 10.0 Å². The summed E-state index contributed by atoms with van der Waals surface area (Å²) in [4.78, 5) is 0.932. The van der Waals surface area contributed by atoms with Crippen LogP contribution in [0.1, 0.15) is 24.6 Å². The normalized spacial score (nSPS) is 16.4. The first kappa shape index (κ1) is 14.5. The maximum absolute atomic E-state index is 12.5. The minimum absolute atomic E-state index is 0.131. The van der Waals surface area contributed by atoms with Crippen molar-refractivity contribution in [1.29, 1.82) is 0 Å². The second-order valence-corrected chi connectivity index (χ2v) is 8.77. The molecule has 0 aromatic carbocycles. The minimum atomic E-state index is -3.44. The van der Waals surface area contributed by atoms with E-state index in [9.17, 15) is 8.42 Å². The van der Waals surface area contributed by atoms with Crippen LogP contribution >= 0.6 is 27.3 Å². The molecule has 2 rings (SSSR count). The molecule has 1 saturated carbocycles. The van der Waals surface area contributed by atoms with Gasteiger partial charge in [-0.2, -0.15) is 4.31 Å². The summed E-state index contributed by atoms with van der Waals surface area (Å²) in [5.74, 6) is 0.523. The molecule has 0 atom stereocenters. The first-order chi connectivity index (χ1) is 8.48. The van der Waals surface area contributed by atoms with Gasteiger partial charge in [-0.05, 0) is 40.8 Å². The van der Waals surface area contributed by atoms with Crippen LogP contribution in [-0.2, 0) is 16.6 Å². The summed E-state index contributed by atoms with van der Waals surface area (Å²) in [6.07, 6.45) is 2.25. The Balaban J connectivity index is 2.29. The van der Waals surface area contributed by atoms with Gasteiger partial charge < -0.3 is 5.11 Å². The molecule has 0 spiro atoms. The lowest BCUT2D eigenvalue weighted by Gasteiger charge is -2.19. The Bertz CT molecular complexity index is 522. The molecular weight excluding hydrogens is 338 g/mol. The van der Waals surface area contributed by atoms with Crippen molar-refractivity contribution in [3.63, 3.8) is 0 Å². The number of nitrogens with zero attached hydrogens (tertiary/aromatic N) is 1. The number of thiophene rings is 1.